The van der Waals surface area contributed by atoms with Crippen LogP contribution in [0.3, 0.4) is 0 Å². The Kier molecular flexibility index (Phi) is 12.3. The number of amides is 4. The third-order valence-corrected chi connectivity index (χ3v) is 9.04. The molecule has 4 amide bonds. The fraction of sp³-hybridized carbons (Fsp3) is 0.447. The largest absolute Gasteiger partial charge is 0.356 e. The number of carbonyl (C=O) groups excluding carboxylic acids is 5. The molecule has 3 aromatic carbocycles. The molecule has 250 valence electrons. The average Bonchev–Trinajstić information content (AvgIpc) is 3.06. The van der Waals surface area contributed by atoms with Crippen molar-refractivity contribution < 1.29 is 24.0 Å². The van der Waals surface area contributed by atoms with Crippen LogP contribution in [0.1, 0.15) is 70.9 Å². The van der Waals surface area contributed by atoms with Crippen LogP contribution in [0, 0.1) is 11.8 Å². The highest BCUT2D eigenvalue weighted by atomic mass is 16.2. The highest BCUT2D eigenvalue weighted by molar-refractivity contribution is 5.95. The van der Waals surface area contributed by atoms with E-state index in [2.05, 4.69) is 21.3 Å². The number of fused-ring (bicyclic) bond motifs is 1. The second kappa shape index (κ2) is 16.3. The Labute approximate surface area is 277 Å². The van der Waals surface area contributed by atoms with Gasteiger partial charge in [-0.2, -0.15) is 0 Å². The molecule has 1 heterocycles. The molecule has 3 aromatic rings. The summed E-state index contributed by atoms with van der Waals surface area (Å²) in [5, 5.41) is 13.6. The van der Waals surface area contributed by atoms with Gasteiger partial charge in [-0.15, -0.1) is 0 Å². The van der Waals surface area contributed by atoms with E-state index in [1.165, 1.54) is 0 Å². The van der Waals surface area contributed by atoms with Gasteiger partial charge in [-0.25, -0.2) is 0 Å². The van der Waals surface area contributed by atoms with Crippen molar-refractivity contribution in [1.29, 1.82) is 0 Å². The minimum Gasteiger partial charge on any atom is -0.356 e. The Morgan fingerprint density at radius 3 is 2.28 bits per heavy atom. The lowest BCUT2D eigenvalue weighted by Crippen LogP contribution is -2.57. The minimum absolute atomic E-state index is 0.0468. The third-order valence-electron chi connectivity index (χ3n) is 9.04. The second-order valence-corrected chi connectivity index (χ2v) is 13.5. The van der Waals surface area contributed by atoms with E-state index in [1.54, 1.807) is 0 Å². The predicted molar refractivity (Wildman–Crippen MR) is 183 cm³/mol. The number of rotatable bonds is 15. The SMILES string of the molecule is CC(C)C[C@H](NC(=O)[C@H](CCc1cccc2ccccc12)NC(=O)C(C)(C)c1ccccc1)C(=O)N[C@H](C=O)C[C@@H]1CCCNC1=O. The second-order valence-electron chi connectivity index (χ2n) is 13.5. The number of benzene rings is 3. The van der Waals surface area contributed by atoms with Gasteiger partial charge in [-0.1, -0.05) is 86.6 Å². The van der Waals surface area contributed by atoms with E-state index in [1.807, 2.05) is 100 Å². The Bertz CT molecular complexity index is 1550. The Morgan fingerprint density at radius 2 is 1.57 bits per heavy atom. The van der Waals surface area contributed by atoms with Crippen molar-refractivity contribution >= 4 is 40.7 Å². The standard InChI is InChI=1S/C38H48N4O5/c1-25(2)22-33(36(46)40-30(24-43)23-28-15-11-21-39-34(28)44)41-35(45)32(42-37(47)38(3,4)29-16-6-5-7-17-29)20-19-27-14-10-13-26-12-8-9-18-31(26)27/h5-10,12-14,16-18,24-25,28,30,32-33H,11,15,19-23H2,1-4H3,(H,39,44)(H,40,46)(H,41,45)(H,42,47)/t28-,30-,32-,33-/m0/s1. The van der Waals surface area contributed by atoms with Crippen molar-refractivity contribution in [3.63, 3.8) is 0 Å². The van der Waals surface area contributed by atoms with Crippen molar-refractivity contribution in [2.45, 2.75) is 89.8 Å². The lowest BCUT2D eigenvalue weighted by molar-refractivity contribution is -0.134. The first-order chi connectivity index (χ1) is 22.5. The molecule has 1 saturated heterocycles. The Hall–Kier alpha value is -4.53. The molecule has 9 heteroatoms. The van der Waals surface area contributed by atoms with Crippen LogP contribution in [-0.4, -0.2) is 54.6 Å². The summed E-state index contributed by atoms with van der Waals surface area (Å²) in [5.41, 5.74) is 0.945. The van der Waals surface area contributed by atoms with E-state index in [-0.39, 0.29) is 30.1 Å². The summed E-state index contributed by atoms with van der Waals surface area (Å²) in [7, 11) is 0. The minimum atomic E-state index is -0.941. The lowest BCUT2D eigenvalue weighted by atomic mass is 9.83. The molecule has 1 aliphatic heterocycles. The van der Waals surface area contributed by atoms with Crippen molar-refractivity contribution in [2.24, 2.45) is 11.8 Å². The van der Waals surface area contributed by atoms with Crippen LogP contribution in [0.15, 0.2) is 72.8 Å². The average molecular weight is 641 g/mol. The first-order valence-electron chi connectivity index (χ1n) is 16.7. The number of aldehydes is 1. The molecule has 0 bridgehead atoms. The van der Waals surface area contributed by atoms with Gasteiger partial charge in [0.2, 0.25) is 23.6 Å². The molecular formula is C38H48N4O5. The number of aryl methyl sites for hydroxylation is 1. The molecule has 0 aromatic heterocycles. The summed E-state index contributed by atoms with van der Waals surface area (Å²) >= 11 is 0. The zero-order valence-corrected chi connectivity index (χ0v) is 27.9. The van der Waals surface area contributed by atoms with Crippen LogP contribution in [-0.2, 0) is 35.8 Å². The van der Waals surface area contributed by atoms with Gasteiger partial charge in [-0.3, -0.25) is 19.2 Å². The Morgan fingerprint density at radius 1 is 0.894 bits per heavy atom. The van der Waals surface area contributed by atoms with E-state index in [0.717, 1.165) is 28.3 Å². The molecule has 0 radical (unpaired) electrons. The first kappa shape index (κ1) is 35.3. The topological polar surface area (TPSA) is 133 Å². The zero-order valence-electron chi connectivity index (χ0n) is 27.9. The monoisotopic (exact) mass is 640 g/mol. The summed E-state index contributed by atoms with van der Waals surface area (Å²) < 4.78 is 0. The van der Waals surface area contributed by atoms with Crippen molar-refractivity contribution in [3.8, 4) is 0 Å². The first-order valence-corrected chi connectivity index (χ1v) is 16.7. The van der Waals surface area contributed by atoms with E-state index in [0.29, 0.717) is 38.5 Å². The van der Waals surface area contributed by atoms with Gasteiger partial charge in [0.15, 0.2) is 0 Å². The van der Waals surface area contributed by atoms with Crippen LogP contribution in [0.4, 0.5) is 0 Å². The van der Waals surface area contributed by atoms with Crippen molar-refractivity contribution in [3.05, 3.63) is 83.9 Å². The summed E-state index contributed by atoms with van der Waals surface area (Å²) in [6.45, 7) is 8.13. The summed E-state index contributed by atoms with van der Waals surface area (Å²) in [6.07, 6.45) is 3.45. The Balaban J connectivity index is 1.54. The number of piperidine rings is 1. The molecule has 1 fully saturated rings. The maximum absolute atomic E-state index is 14.0. The molecule has 4 atom stereocenters. The molecule has 0 unspecified atom stereocenters. The van der Waals surface area contributed by atoms with Gasteiger partial charge < -0.3 is 26.1 Å². The van der Waals surface area contributed by atoms with E-state index in [4.69, 9.17) is 0 Å². The van der Waals surface area contributed by atoms with Gasteiger partial charge in [0.25, 0.3) is 0 Å². The van der Waals surface area contributed by atoms with Gasteiger partial charge in [-0.05, 0) is 80.2 Å². The summed E-state index contributed by atoms with van der Waals surface area (Å²) in [4.78, 5) is 65.6. The molecule has 4 N–H and O–H groups in total. The molecule has 0 spiro atoms. The van der Waals surface area contributed by atoms with E-state index >= 15 is 0 Å². The number of hydrogen-bond donors (Lipinski definition) is 4. The van der Waals surface area contributed by atoms with Gasteiger partial charge in [0.05, 0.1) is 11.5 Å². The molecule has 0 saturated carbocycles. The van der Waals surface area contributed by atoms with E-state index < -0.39 is 35.4 Å². The maximum atomic E-state index is 14.0. The van der Waals surface area contributed by atoms with Gasteiger partial charge in [0, 0.05) is 12.5 Å². The third kappa shape index (κ3) is 9.50. The quantitative estimate of drug-likeness (QED) is 0.183. The van der Waals surface area contributed by atoms with Crippen LogP contribution in [0.5, 0.6) is 0 Å². The van der Waals surface area contributed by atoms with Crippen molar-refractivity contribution in [2.75, 3.05) is 6.54 Å². The molecule has 9 nitrogen and oxygen atoms in total. The van der Waals surface area contributed by atoms with Crippen LogP contribution in [0.2, 0.25) is 0 Å². The van der Waals surface area contributed by atoms with E-state index in [9.17, 15) is 24.0 Å². The molecule has 0 aliphatic carbocycles. The van der Waals surface area contributed by atoms with Gasteiger partial charge >= 0.3 is 0 Å². The zero-order chi connectivity index (χ0) is 34.0. The predicted octanol–water partition coefficient (Wildman–Crippen LogP) is 4.37. The number of carbonyl (C=O) groups is 5. The van der Waals surface area contributed by atoms with Crippen molar-refractivity contribution in [1.82, 2.24) is 21.3 Å². The highest BCUT2D eigenvalue weighted by Gasteiger charge is 2.35. The molecule has 4 rings (SSSR count). The van der Waals surface area contributed by atoms with Gasteiger partial charge in [0.1, 0.15) is 18.4 Å². The van der Waals surface area contributed by atoms with Crippen LogP contribution in [0.25, 0.3) is 10.8 Å². The highest BCUT2D eigenvalue weighted by Crippen LogP contribution is 2.25. The van der Waals surface area contributed by atoms with Crippen LogP contribution >= 0.6 is 0 Å². The number of nitrogens with one attached hydrogen (secondary N) is 4. The number of hydrogen-bond acceptors (Lipinski definition) is 5. The molecule has 47 heavy (non-hydrogen) atoms. The molecular weight excluding hydrogens is 592 g/mol. The summed E-state index contributed by atoms with van der Waals surface area (Å²) in [6, 6.07) is 20.7. The fourth-order valence-corrected chi connectivity index (χ4v) is 6.18. The smallest absolute Gasteiger partial charge is 0.243 e. The maximum Gasteiger partial charge on any atom is 0.243 e. The van der Waals surface area contributed by atoms with Crippen LogP contribution < -0.4 is 21.3 Å². The summed E-state index contributed by atoms with van der Waals surface area (Å²) in [5.74, 6) is -1.71. The lowest BCUT2D eigenvalue weighted by Gasteiger charge is -2.29. The normalized spacial score (nSPS) is 16.9. The molecule has 1 aliphatic rings. The fourth-order valence-electron chi connectivity index (χ4n) is 6.18.